The number of rotatable bonds is 7. The van der Waals surface area contributed by atoms with Crippen LogP contribution in [-0.2, 0) is 0 Å². The summed E-state index contributed by atoms with van der Waals surface area (Å²) < 4.78 is 5.61. The first-order valence-corrected chi connectivity index (χ1v) is 7.31. The van der Waals surface area contributed by atoms with E-state index in [1.54, 1.807) is 0 Å². The van der Waals surface area contributed by atoms with Crippen LogP contribution >= 0.6 is 0 Å². The Labute approximate surface area is 116 Å². The lowest BCUT2D eigenvalue weighted by molar-refractivity contribution is 0.125. The Morgan fingerprint density at radius 3 is 2.37 bits per heavy atom. The average Bonchev–Trinajstić information content (AvgIpc) is 3.19. The van der Waals surface area contributed by atoms with Gasteiger partial charge in [-0.05, 0) is 50.8 Å². The lowest BCUT2D eigenvalue weighted by Crippen LogP contribution is -2.35. The zero-order valence-corrected chi connectivity index (χ0v) is 12.1. The first-order valence-electron chi connectivity index (χ1n) is 7.31. The smallest absolute Gasteiger partial charge is 0.119 e. The van der Waals surface area contributed by atoms with Crippen molar-refractivity contribution in [3.8, 4) is 5.75 Å². The van der Waals surface area contributed by atoms with Crippen molar-refractivity contribution in [3.63, 3.8) is 0 Å². The standard InChI is InChI=1S/C16H25NO2/c1-4-15(17-13-7-8-13)16(18)12-5-9-14(10-6-12)19-11(2)3/h5-6,9-11,13,15-18H,4,7-8H2,1-3H3. The minimum atomic E-state index is -0.446. The van der Waals surface area contributed by atoms with Gasteiger partial charge in [-0.2, -0.15) is 0 Å². The molecule has 1 aromatic carbocycles. The fraction of sp³-hybridized carbons (Fsp3) is 0.625. The van der Waals surface area contributed by atoms with E-state index in [1.165, 1.54) is 12.8 Å². The topological polar surface area (TPSA) is 41.5 Å². The number of ether oxygens (including phenoxy) is 1. The lowest BCUT2D eigenvalue weighted by Gasteiger charge is -2.23. The van der Waals surface area contributed by atoms with E-state index in [-0.39, 0.29) is 12.1 Å². The predicted molar refractivity (Wildman–Crippen MR) is 77.4 cm³/mol. The summed E-state index contributed by atoms with van der Waals surface area (Å²) in [4.78, 5) is 0. The fourth-order valence-corrected chi connectivity index (χ4v) is 2.23. The van der Waals surface area contributed by atoms with Gasteiger partial charge in [-0.25, -0.2) is 0 Å². The Morgan fingerprint density at radius 2 is 1.89 bits per heavy atom. The third-order valence-corrected chi connectivity index (χ3v) is 3.44. The summed E-state index contributed by atoms with van der Waals surface area (Å²) in [5.41, 5.74) is 0.955. The second-order valence-corrected chi connectivity index (χ2v) is 5.64. The van der Waals surface area contributed by atoms with Gasteiger partial charge in [-0.1, -0.05) is 19.1 Å². The van der Waals surface area contributed by atoms with Gasteiger partial charge in [-0.15, -0.1) is 0 Å². The quantitative estimate of drug-likeness (QED) is 0.794. The van der Waals surface area contributed by atoms with Crippen LogP contribution in [0.25, 0.3) is 0 Å². The van der Waals surface area contributed by atoms with Crippen LogP contribution in [0.5, 0.6) is 5.75 Å². The molecule has 1 aliphatic rings. The van der Waals surface area contributed by atoms with Crippen LogP contribution in [0.1, 0.15) is 51.7 Å². The summed E-state index contributed by atoms with van der Waals surface area (Å²) in [7, 11) is 0. The van der Waals surface area contributed by atoms with E-state index in [4.69, 9.17) is 4.74 Å². The molecule has 0 aromatic heterocycles. The largest absolute Gasteiger partial charge is 0.491 e. The monoisotopic (exact) mass is 263 g/mol. The molecule has 2 unspecified atom stereocenters. The molecule has 3 nitrogen and oxygen atoms in total. The third kappa shape index (κ3) is 4.22. The highest BCUT2D eigenvalue weighted by Crippen LogP contribution is 2.26. The maximum absolute atomic E-state index is 10.4. The zero-order chi connectivity index (χ0) is 13.8. The summed E-state index contributed by atoms with van der Waals surface area (Å²) in [5, 5.41) is 13.9. The van der Waals surface area contributed by atoms with Crippen LogP contribution in [-0.4, -0.2) is 23.3 Å². The van der Waals surface area contributed by atoms with Gasteiger partial charge in [0.1, 0.15) is 5.75 Å². The molecule has 0 spiro atoms. The van der Waals surface area contributed by atoms with Crippen molar-refractivity contribution in [1.82, 2.24) is 5.32 Å². The van der Waals surface area contributed by atoms with E-state index in [1.807, 2.05) is 38.1 Å². The van der Waals surface area contributed by atoms with Gasteiger partial charge < -0.3 is 15.2 Å². The number of benzene rings is 1. The van der Waals surface area contributed by atoms with E-state index in [0.29, 0.717) is 6.04 Å². The van der Waals surface area contributed by atoms with Gasteiger partial charge in [0.2, 0.25) is 0 Å². The number of aliphatic hydroxyl groups excluding tert-OH is 1. The van der Waals surface area contributed by atoms with Crippen molar-refractivity contribution >= 4 is 0 Å². The maximum Gasteiger partial charge on any atom is 0.119 e. The number of hydrogen-bond acceptors (Lipinski definition) is 3. The number of hydrogen-bond donors (Lipinski definition) is 2. The minimum absolute atomic E-state index is 0.143. The second-order valence-electron chi connectivity index (χ2n) is 5.64. The highest BCUT2D eigenvalue weighted by molar-refractivity contribution is 5.29. The van der Waals surface area contributed by atoms with Gasteiger partial charge in [-0.3, -0.25) is 0 Å². The SMILES string of the molecule is CCC(NC1CC1)C(O)c1ccc(OC(C)C)cc1. The molecular formula is C16H25NO2. The average molecular weight is 263 g/mol. The van der Waals surface area contributed by atoms with Crippen molar-refractivity contribution in [2.24, 2.45) is 0 Å². The molecule has 0 amide bonds. The molecule has 1 aromatic rings. The fourth-order valence-electron chi connectivity index (χ4n) is 2.23. The molecule has 1 aliphatic carbocycles. The Morgan fingerprint density at radius 1 is 1.26 bits per heavy atom. The van der Waals surface area contributed by atoms with Crippen LogP contribution in [0.3, 0.4) is 0 Å². The molecule has 1 fully saturated rings. The van der Waals surface area contributed by atoms with E-state index >= 15 is 0 Å². The van der Waals surface area contributed by atoms with E-state index in [0.717, 1.165) is 17.7 Å². The van der Waals surface area contributed by atoms with Crippen molar-refractivity contribution < 1.29 is 9.84 Å². The summed E-state index contributed by atoms with van der Waals surface area (Å²) in [6.45, 7) is 6.13. The molecule has 0 saturated heterocycles. The molecule has 19 heavy (non-hydrogen) atoms. The Kier molecular flexibility index (Phi) is 4.83. The van der Waals surface area contributed by atoms with E-state index in [2.05, 4.69) is 12.2 Å². The number of nitrogens with one attached hydrogen (secondary N) is 1. The molecule has 2 rings (SSSR count). The van der Waals surface area contributed by atoms with Gasteiger partial charge in [0.05, 0.1) is 12.2 Å². The molecule has 2 N–H and O–H groups in total. The van der Waals surface area contributed by atoms with Crippen LogP contribution < -0.4 is 10.1 Å². The molecule has 3 heteroatoms. The van der Waals surface area contributed by atoms with E-state index in [9.17, 15) is 5.11 Å². The summed E-state index contributed by atoms with van der Waals surface area (Å²) in [6, 6.07) is 8.54. The van der Waals surface area contributed by atoms with Crippen LogP contribution in [0.15, 0.2) is 24.3 Å². The molecule has 106 valence electrons. The van der Waals surface area contributed by atoms with Gasteiger partial charge in [0.15, 0.2) is 0 Å². The second kappa shape index (κ2) is 6.40. The van der Waals surface area contributed by atoms with Crippen molar-refractivity contribution in [1.29, 1.82) is 0 Å². The van der Waals surface area contributed by atoms with Crippen LogP contribution in [0.4, 0.5) is 0 Å². The van der Waals surface area contributed by atoms with Gasteiger partial charge in [0, 0.05) is 12.1 Å². The summed E-state index contributed by atoms with van der Waals surface area (Å²) in [6.07, 6.45) is 3.14. The Balaban J connectivity index is 1.98. The highest BCUT2D eigenvalue weighted by Gasteiger charge is 2.28. The molecular weight excluding hydrogens is 238 g/mol. The predicted octanol–water partition coefficient (Wildman–Crippen LogP) is 3.04. The van der Waals surface area contributed by atoms with Crippen LogP contribution in [0, 0.1) is 0 Å². The van der Waals surface area contributed by atoms with Crippen LogP contribution in [0.2, 0.25) is 0 Å². The van der Waals surface area contributed by atoms with Crippen molar-refractivity contribution in [2.45, 2.75) is 64.3 Å². The van der Waals surface area contributed by atoms with E-state index < -0.39 is 6.10 Å². The summed E-state index contributed by atoms with van der Waals surface area (Å²) in [5.74, 6) is 0.856. The molecule has 2 atom stereocenters. The first-order chi connectivity index (χ1) is 9.10. The highest BCUT2D eigenvalue weighted by atomic mass is 16.5. The maximum atomic E-state index is 10.4. The Hall–Kier alpha value is -1.06. The minimum Gasteiger partial charge on any atom is -0.491 e. The lowest BCUT2D eigenvalue weighted by atomic mass is 10.00. The molecule has 0 radical (unpaired) electrons. The third-order valence-electron chi connectivity index (χ3n) is 3.44. The Bertz CT molecular complexity index is 384. The molecule has 0 heterocycles. The van der Waals surface area contributed by atoms with Gasteiger partial charge in [0.25, 0.3) is 0 Å². The van der Waals surface area contributed by atoms with Gasteiger partial charge >= 0.3 is 0 Å². The normalized spacial score (nSPS) is 18.4. The molecule has 1 saturated carbocycles. The zero-order valence-electron chi connectivity index (χ0n) is 12.1. The number of aliphatic hydroxyl groups is 1. The first kappa shape index (κ1) is 14.4. The van der Waals surface area contributed by atoms with Crippen molar-refractivity contribution in [3.05, 3.63) is 29.8 Å². The van der Waals surface area contributed by atoms with Crippen molar-refractivity contribution in [2.75, 3.05) is 0 Å². The summed E-state index contributed by atoms with van der Waals surface area (Å²) >= 11 is 0. The molecule has 0 aliphatic heterocycles. The molecule has 0 bridgehead atoms.